The van der Waals surface area contributed by atoms with Crippen LogP contribution in [0.5, 0.6) is 5.75 Å². The second kappa shape index (κ2) is 6.36. The largest absolute Gasteiger partial charge is 0.495 e. The van der Waals surface area contributed by atoms with E-state index in [1.807, 2.05) is 13.0 Å². The van der Waals surface area contributed by atoms with Crippen molar-refractivity contribution in [1.29, 1.82) is 0 Å². The van der Waals surface area contributed by atoms with Gasteiger partial charge in [0.25, 0.3) is 0 Å². The first-order valence-electron chi connectivity index (χ1n) is 7.57. The number of hydrogen-bond donors (Lipinski definition) is 0. The van der Waals surface area contributed by atoms with Crippen molar-refractivity contribution in [2.75, 3.05) is 13.7 Å². The average Bonchev–Trinajstić information content (AvgIpc) is 2.46. The van der Waals surface area contributed by atoms with E-state index >= 15 is 0 Å². The molecule has 1 unspecified atom stereocenters. The smallest absolute Gasteiger partial charge is 0.247 e. The molecule has 1 saturated heterocycles. The number of methoxy groups -OCH3 is 1. The number of nitrogens with zero attached hydrogens (tertiary/aromatic N) is 1. The van der Waals surface area contributed by atoms with Crippen LogP contribution in [0.1, 0.15) is 51.5 Å². The van der Waals surface area contributed by atoms with Crippen LogP contribution >= 0.6 is 0 Å². The summed E-state index contributed by atoms with van der Waals surface area (Å²) in [5, 5.41) is 0. The quantitative estimate of drug-likeness (QED) is 0.856. The van der Waals surface area contributed by atoms with Gasteiger partial charge in [-0.3, -0.25) is 0 Å². The Hall–Kier alpha value is -1.07. The fourth-order valence-corrected chi connectivity index (χ4v) is 4.70. The maximum absolute atomic E-state index is 13.0. The van der Waals surface area contributed by atoms with E-state index in [2.05, 4.69) is 13.8 Å². The Kier molecular flexibility index (Phi) is 4.94. The molecule has 5 heteroatoms. The van der Waals surface area contributed by atoms with Gasteiger partial charge in [-0.25, -0.2) is 8.42 Å². The minimum atomic E-state index is -3.50. The second-order valence-corrected chi connectivity index (χ2v) is 7.88. The normalized spacial score (nSPS) is 20.7. The highest BCUT2D eigenvalue weighted by molar-refractivity contribution is 7.89. The molecule has 118 valence electrons. The van der Waals surface area contributed by atoms with Gasteiger partial charge in [-0.2, -0.15) is 4.31 Å². The van der Waals surface area contributed by atoms with Gasteiger partial charge in [0.2, 0.25) is 10.0 Å². The lowest BCUT2D eigenvalue weighted by Crippen LogP contribution is -2.42. The Morgan fingerprint density at radius 1 is 1.29 bits per heavy atom. The lowest BCUT2D eigenvalue weighted by atomic mass is 10.0. The first-order valence-corrected chi connectivity index (χ1v) is 9.01. The molecule has 1 aromatic carbocycles. The van der Waals surface area contributed by atoms with Crippen molar-refractivity contribution in [3.05, 3.63) is 23.8 Å². The lowest BCUT2D eigenvalue weighted by Gasteiger charge is -2.32. The van der Waals surface area contributed by atoms with Crippen LogP contribution in [0.3, 0.4) is 0 Å². The SMILES string of the molecule is COc1ccc(C(C)C)cc1S(=O)(=O)N1CCCCC1C. The molecule has 0 aromatic heterocycles. The molecule has 21 heavy (non-hydrogen) atoms. The number of ether oxygens (including phenoxy) is 1. The van der Waals surface area contributed by atoms with Crippen LogP contribution in [0, 0.1) is 0 Å². The molecule has 1 aliphatic heterocycles. The first-order chi connectivity index (χ1) is 9.87. The van der Waals surface area contributed by atoms with Gasteiger partial charge in [-0.1, -0.05) is 26.3 Å². The van der Waals surface area contributed by atoms with Gasteiger partial charge >= 0.3 is 0 Å². The summed E-state index contributed by atoms with van der Waals surface area (Å²) in [7, 11) is -1.98. The molecule has 0 N–H and O–H groups in total. The van der Waals surface area contributed by atoms with Crippen LogP contribution in [0.2, 0.25) is 0 Å². The van der Waals surface area contributed by atoms with E-state index in [9.17, 15) is 8.42 Å². The molecule has 1 heterocycles. The number of hydrogen-bond acceptors (Lipinski definition) is 3. The first kappa shape index (κ1) is 16.3. The van der Waals surface area contributed by atoms with E-state index in [1.54, 1.807) is 16.4 Å². The molecule has 0 bridgehead atoms. The highest BCUT2D eigenvalue weighted by Gasteiger charge is 2.33. The highest BCUT2D eigenvalue weighted by Crippen LogP contribution is 2.33. The lowest BCUT2D eigenvalue weighted by molar-refractivity contribution is 0.267. The van der Waals surface area contributed by atoms with Crippen molar-refractivity contribution >= 4 is 10.0 Å². The molecular formula is C16H25NO3S. The van der Waals surface area contributed by atoms with Gasteiger partial charge in [-0.05, 0) is 43.4 Å². The Labute approximate surface area is 128 Å². The van der Waals surface area contributed by atoms with E-state index in [1.165, 1.54) is 7.11 Å². The molecule has 0 spiro atoms. The minimum absolute atomic E-state index is 0.0520. The summed E-state index contributed by atoms with van der Waals surface area (Å²) in [6.45, 7) is 6.69. The molecule has 0 saturated carbocycles. The van der Waals surface area contributed by atoms with E-state index < -0.39 is 10.0 Å². The van der Waals surface area contributed by atoms with E-state index in [0.29, 0.717) is 17.2 Å². The van der Waals surface area contributed by atoms with E-state index in [0.717, 1.165) is 24.8 Å². The monoisotopic (exact) mass is 311 g/mol. The number of piperidine rings is 1. The van der Waals surface area contributed by atoms with Crippen LogP contribution in [0.15, 0.2) is 23.1 Å². The van der Waals surface area contributed by atoms with Crippen LogP contribution in [0.25, 0.3) is 0 Å². The van der Waals surface area contributed by atoms with Crippen molar-refractivity contribution < 1.29 is 13.2 Å². The third-order valence-electron chi connectivity index (χ3n) is 4.18. The Morgan fingerprint density at radius 2 is 2.00 bits per heavy atom. The van der Waals surface area contributed by atoms with Gasteiger partial charge in [-0.15, -0.1) is 0 Å². The highest BCUT2D eigenvalue weighted by atomic mass is 32.2. The van der Waals surface area contributed by atoms with Crippen molar-refractivity contribution in [1.82, 2.24) is 4.31 Å². The predicted molar refractivity (Wildman–Crippen MR) is 84.3 cm³/mol. The molecule has 1 atom stereocenters. The average molecular weight is 311 g/mol. The molecule has 0 radical (unpaired) electrons. The fourth-order valence-electron chi connectivity index (χ4n) is 2.81. The van der Waals surface area contributed by atoms with Gasteiger partial charge < -0.3 is 4.74 Å². The van der Waals surface area contributed by atoms with Crippen LogP contribution in [-0.2, 0) is 10.0 Å². The summed E-state index contributed by atoms with van der Waals surface area (Å²) in [5.41, 5.74) is 1.01. The molecule has 2 rings (SSSR count). The molecule has 1 aliphatic rings. The minimum Gasteiger partial charge on any atom is -0.495 e. The molecule has 4 nitrogen and oxygen atoms in total. The van der Waals surface area contributed by atoms with Crippen LogP contribution in [0.4, 0.5) is 0 Å². The third-order valence-corrected chi connectivity index (χ3v) is 6.22. The van der Waals surface area contributed by atoms with Crippen molar-refractivity contribution in [3.8, 4) is 5.75 Å². The summed E-state index contributed by atoms with van der Waals surface area (Å²) in [4.78, 5) is 0.296. The fraction of sp³-hybridized carbons (Fsp3) is 0.625. The summed E-state index contributed by atoms with van der Waals surface area (Å²) >= 11 is 0. The van der Waals surface area contributed by atoms with Crippen molar-refractivity contribution in [2.45, 2.75) is 56.9 Å². The zero-order chi connectivity index (χ0) is 15.6. The third kappa shape index (κ3) is 3.24. The number of benzene rings is 1. The van der Waals surface area contributed by atoms with Crippen molar-refractivity contribution in [3.63, 3.8) is 0 Å². The molecule has 1 fully saturated rings. The van der Waals surface area contributed by atoms with Crippen molar-refractivity contribution in [2.24, 2.45) is 0 Å². The van der Waals surface area contributed by atoms with E-state index in [4.69, 9.17) is 4.74 Å². The zero-order valence-corrected chi connectivity index (χ0v) is 14.1. The number of rotatable bonds is 4. The summed E-state index contributed by atoms with van der Waals surface area (Å²) < 4.78 is 32.9. The molecule has 1 aromatic rings. The Morgan fingerprint density at radius 3 is 2.57 bits per heavy atom. The molecular weight excluding hydrogens is 286 g/mol. The maximum Gasteiger partial charge on any atom is 0.247 e. The number of sulfonamides is 1. The van der Waals surface area contributed by atoms with Crippen LogP contribution in [-0.4, -0.2) is 32.4 Å². The van der Waals surface area contributed by atoms with Gasteiger partial charge in [0, 0.05) is 12.6 Å². The topological polar surface area (TPSA) is 46.6 Å². The van der Waals surface area contributed by atoms with Gasteiger partial charge in [0.05, 0.1) is 7.11 Å². The van der Waals surface area contributed by atoms with Gasteiger partial charge in [0.15, 0.2) is 0 Å². The van der Waals surface area contributed by atoms with Gasteiger partial charge in [0.1, 0.15) is 10.6 Å². The summed E-state index contributed by atoms with van der Waals surface area (Å²) in [6, 6.07) is 5.51. The maximum atomic E-state index is 13.0. The Bertz CT molecular complexity index is 596. The van der Waals surface area contributed by atoms with E-state index in [-0.39, 0.29) is 12.0 Å². The predicted octanol–water partition coefficient (Wildman–Crippen LogP) is 3.38. The standard InChI is InChI=1S/C16H25NO3S/c1-12(2)14-8-9-15(20-4)16(11-14)21(18,19)17-10-6-5-7-13(17)3/h8-9,11-13H,5-7,10H2,1-4H3. The molecule has 0 aliphatic carbocycles. The summed E-state index contributed by atoms with van der Waals surface area (Å²) in [6.07, 6.45) is 2.94. The molecule has 0 amide bonds. The zero-order valence-electron chi connectivity index (χ0n) is 13.3. The second-order valence-electron chi connectivity index (χ2n) is 6.03. The Balaban J connectivity index is 2.49. The summed E-state index contributed by atoms with van der Waals surface area (Å²) in [5.74, 6) is 0.709. The van der Waals surface area contributed by atoms with Crippen LogP contribution < -0.4 is 4.74 Å².